The first kappa shape index (κ1) is 16.2. The molecule has 0 saturated carbocycles. The average molecular weight is 287 g/mol. The number of rotatable bonds is 6. The van der Waals surface area contributed by atoms with Gasteiger partial charge in [0.1, 0.15) is 26.2 Å². The Balaban J connectivity index is 1.65. The van der Waals surface area contributed by atoms with E-state index in [-0.39, 0.29) is 0 Å². The fourth-order valence-electron chi connectivity index (χ4n) is 2.95. The molecule has 2 aliphatic rings. The minimum absolute atomic E-state index is 0.926. The molecule has 0 aliphatic carbocycles. The summed E-state index contributed by atoms with van der Waals surface area (Å²) in [5, 5.41) is 0. The maximum atomic E-state index is 5.47. The number of hydrogen-bond donors (Lipinski definition) is 0. The Morgan fingerprint density at radius 1 is 0.750 bits per heavy atom. The van der Waals surface area contributed by atoms with Gasteiger partial charge in [-0.2, -0.15) is 0 Å². The third-order valence-corrected chi connectivity index (χ3v) is 5.14. The lowest BCUT2D eigenvalue weighted by atomic mass is 10.3. The van der Waals surface area contributed by atoms with E-state index in [9.17, 15) is 0 Å². The van der Waals surface area contributed by atoms with Gasteiger partial charge < -0.3 is 18.4 Å². The molecule has 0 aromatic heterocycles. The average Bonchev–Trinajstić information content (AvgIpc) is 2.45. The molecule has 2 rings (SSSR count). The van der Waals surface area contributed by atoms with Gasteiger partial charge in [0.05, 0.1) is 53.6 Å². The van der Waals surface area contributed by atoms with Gasteiger partial charge in [0, 0.05) is 13.1 Å². The number of likely N-dealkylation sites (N-methyl/N-ethyl adjacent to an activating group) is 3. The van der Waals surface area contributed by atoms with Gasteiger partial charge in [-0.05, 0) is 7.05 Å². The van der Waals surface area contributed by atoms with Crippen molar-refractivity contribution in [2.24, 2.45) is 0 Å². The molecule has 0 N–H and O–H groups in total. The summed E-state index contributed by atoms with van der Waals surface area (Å²) < 4.78 is 13.3. The summed E-state index contributed by atoms with van der Waals surface area (Å²) >= 11 is 0. The van der Waals surface area contributed by atoms with Crippen LogP contribution in [-0.4, -0.2) is 114 Å². The van der Waals surface area contributed by atoms with Crippen molar-refractivity contribution >= 4 is 0 Å². The number of ether oxygens (including phenoxy) is 2. The van der Waals surface area contributed by atoms with Crippen molar-refractivity contribution < 1.29 is 18.4 Å². The van der Waals surface area contributed by atoms with E-state index in [1.165, 1.54) is 61.3 Å². The van der Waals surface area contributed by atoms with Gasteiger partial charge in [0.25, 0.3) is 0 Å². The van der Waals surface area contributed by atoms with Gasteiger partial charge in [-0.15, -0.1) is 0 Å². The quantitative estimate of drug-likeness (QED) is 0.636. The molecule has 0 atom stereocenters. The van der Waals surface area contributed by atoms with Crippen molar-refractivity contribution in [1.29, 1.82) is 0 Å². The summed E-state index contributed by atoms with van der Waals surface area (Å²) in [6.07, 6.45) is 0. The Bertz CT molecular complexity index is 259. The molecule has 0 amide bonds. The number of morpholine rings is 2. The zero-order valence-corrected chi connectivity index (χ0v) is 13.6. The molecular formula is C15H33N3O2+2. The Labute approximate surface area is 124 Å². The van der Waals surface area contributed by atoms with Gasteiger partial charge in [-0.1, -0.05) is 0 Å². The van der Waals surface area contributed by atoms with Crippen molar-refractivity contribution in [3.8, 4) is 0 Å². The van der Waals surface area contributed by atoms with E-state index in [0.717, 1.165) is 26.4 Å². The molecule has 0 aromatic rings. The molecule has 5 heteroatoms. The third kappa shape index (κ3) is 4.97. The van der Waals surface area contributed by atoms with E-state index in [2.05, 4.69) is 26.0 Å². The molecule has 0 radical (unpaired) electrons. The minimum Gasteiger partial charge on any atom is -0.370 e. The monoisotopic (exact) mass is 287 g/mol. The molecule has 5 nitrogen and oxygen atoms in total. The second-order valence-electron chi connectivity index (χ2n) is 7.11. The molecule has 20 heavy (non-hydrogen) atoms. The summed E-state index contributed by atoms with van der Waals surface area (Å²) in [6.45, 7) is 13.2. The predicted molar refractivity (Wildman–Crippen MR) is 80.7 cm³/mol. The maximum Gasteiger partial charge on any atom is 0.102 e. The smallest absolute Gasteiger partial charge is 0.102 e. The van der Waals surface area contributed by atoms with Gasteiger partial charge in [-0.25, -0.2) is 0 Å². The Hall–Kier alpha value is -0.200. The highest BCUT2D eigenvalue weighted by Crippen LogP contribution is 2.09. The summed E-state index contributed by atoms with van der Waals surface area (Å²) in [4.78, 5) is 2.50. The topological polar surface area (TPSA) is 21.7 Å². The Morgan fingerprint density at radius 2 is 1.10 bits per heavy atom. The lowest BCUT2D eigenvalue weighted by Gasteiger charge is -2.40. The van der Waals surface area contributed by atoms with E-state index in [1.807, 2.05) is 0 Å². The second kappa shape index (κ2) is 7.18. The summed E-state index contributed by atoms with van der Waals surface area (Å²) in [7, 11) is 7.00. The minimum atomic E-state index is 0.926. The van der Waals surface area contributed by atoms with Crippen LogP contribution in [0.4, 0.5) is 0 Å². The second-order valence-corrected chi connectivity index (χ2v) is 7.11. The zero-order valence-electron chi connectivity index (χ0n) is 13.6. The molecule has 0 bridgehead atoms. The van der Waals surface area contributed by atoms with Crippen LogP contribution >= 0.6 is 0 Å². The molecule has 0 spiro atoms. The Morgan fingerprint density at radius 3 is 1.45 bits per heavy atom. The summed E-state index contributed by atoms with van der Waals surface area (Å²) in [5.41, 5.74) is 0. The first-order valence-electron chi connectivity index (χ1n) is 8.03. The molecule has 2 fully saturated rings. The van der Waals surface area contributed by atoms with Crippen molar-refractivity contribution in [3.05, 3.63) is 0 Å². The van der Waals surface area contributed by atoms with Crippen molar-refractivity contribution in [2.75, 3.05) is 99.9 Å². The van der Waals surface area contributed by atoms with E-state index in [4.69, 9.17) is 9.47 Å². The van der Waals surface area contributed by atoms with E-state index in [0.29, 0.717) is 0 Å². The molecule has 0 aromatic carbocycles. The van der Waals surface area contributed by atoms with Crippen molar-refractivity contribution in [2.45, 2.75) is 0 Å². The SMILES string of the molecule is CN(CC[N+]1(C)CCOCC1)CC[N+]1(C)CCOCC1. The van der Waals surface area contributed by atoms with Crippen LogP contribution in [0.3, 0.4) is 0 Å². The normalized spacial score (nSPS) is 25.8. The number of nitrogens with zero attached hydrogens (tertiary/aromatic N) is 3. The number of quaternary nitrogens is 2. The fraction of sp³-hybridized carbons (Fsp3) is 1.00. The van der Waals surface area contributed by atoms with Crippen molar-refractivity contribution in [1.82, 2.24) is 4.90 Å². The molecule has 0 unspecified atom stereocenters. The van der Waals surface area contributed by atoms with Crippen LogP contribution in [0.1, 0.15) is 0 Å². The standard InChI is InChI=1S/C15H33N3O2/c1-16(4-6-17(2)8-12-19-13-9-17)5-7-18(3)10-14-20-15-11-18/h4-15H2,1-3H3/q+2. The van der Waals surface area contributed by atoms with Crippen LogP contribution in [0.5, 0.6) is 0 Å². The van der Waals surface area contributed by atoms with Crippen molar-refractivity contribution in [3.63, 3.8) is 0 Å². The van der Waals surface area contributed by atoms with Crippen LogP contribution in [0, 0.1) is 0 Å². The largest absolute Gasteiger partial charge is 0.370 e. The van der Waals surface area contributed by atoms with Crippen LogP contribution < -0.4 is 0 Å². The highest BCUT2D eigenvalue weighted by molar-refractivity contribution is 4.55. The third-order valence-electron chi connectivity index (χ3n) is 5.14. The first-order valence-corrected chi connectivity index (χ1v) is 8.03. The molecular weight excluding hydrogens is 254 g/mol. The highest BCUT2D eigenvalue weighted by atomic mass is 16.5. The molecule has 2 saturated heterocycles. The molecule has 2 heterocycles. The van der Waals surface area contributed by atoms with Crippen LogP contribution in [0.25, 0.3) is 0 Å². The van der Waals surface area contributed by atoms with Gasteiger partial charge in [-0.3, -0.25) is 4.90 Å². The highest BCUT2D eigenvalue weighted by Gasteiger charge is 2.27. The van der Waals surface area contributed by atoms with Crippen LogP contribution in [0.15, 0.2) is 0 Å². The van der Waals surface area contributed by atoms with E-state index < -0.39 is 0 Å². The lowest BCUT2D eigenvalue weighted by Crippen LogP contribution is -2.56. The van der Waals surface area contributed by atoms with E-state index in [1.54, 1.807) is 0 Å². The van der Waals surface area contributed by atoms with Crippen LogP contribution in [0.2, 0.25) is 0 Å². The zero-order chi connectivity index (χ0) is 14.5. The van der Waals surface area contributed by atoms with E-state index >= 15 is 0 Å². The number of hydrogen-bond acceptors (Lipinski definition) is 3. The first-order chi connectivity index (χ1) is 9.52. The van der Waals surface area contributed by atoms with Gasteiger partial charge in [0.15, 0.2) is 0 Å². The summed E-state index contributed by atoms with van der Waals surface area (Å²) in [5.74, 6) is 0. The lowest BCUT2D eigenvalue weighted by molar-refractivity contribution is -0.918. The fourth-order valence-corrected chi connectivity index (χ4v) is 2.95. The molecule has 2 aliphatic heterocycles. The van der Waals surface area contributed by atoms with Gasteiger partial charge in [0.2, 0.25) is 0 Å². The maximum absolute atomic E-state index is 5.47. The molecule has 118 valence electrons. The summed E-state index contributed by atoms with van der Waals surface area (Å²) in [6, 6.07) is 0. The van der Waals surface area contributed by atoms with Crippen LogP contribution in [-0.2, 0) is 9.47 Å². The Kier molecular flexibility index (Phi) is 5.81. The predicted octanol–water partition coefficient (Wildman–Crippen LogP) is -0.128. The van der Waals surface area contributed by atoms with Gasteiger partial charge >= 0.3 is 0 Å².